The molecule has 0 aromatic rings. The molecule has 0 bridgehead atoms. The van der Waals surface area contributed by atoms with Crippen LogP contribution in [-0.4, -0.2) is 23.9 Å². The Morgan fingerprint density at radius 3 is 2.22 bits per heavy atom. The maximum atomic E-state index is 11.9. The maximum absolute atomic E-state index is 11.9. The summed E-state index contributed by atoms with van der Waals surface area (Å²) in [6.45, 7) is 5.73. The van der Waals surface area contributed by atoms with Crippen molar-refractivity contribution >= 4 is 5.91 Å². The number of piperidine rings is 1. The third kappa shape index (κ3) is 6.83. The number of allylic oxidation sites excluding steroid dienone is 1. The van der Waals surface area contributed by atoms with Crippen LogP contribution in [0, 0.1) is 0 Å². The lowest BCUT2D eigenvalue weighted by Gasteiger charge is -2.26. The molecule has 0 atom stereocenters. The molecule has 1 aliphatic heterocycles. The van der Waals surface area contributed by atoms with Crippen LogP contribution in [0.2, 0.25) is 0 Å². The molecule has 2 nitrogen and oxygen atoms in total. The molecule has 0 spiro atoms. The summed E-state index contributed by atoms with van der Waals surface area (Å²) in [5.41, 5.74) is 0. The van der Waals surface area contributed by atoms with Gasteiger partial charge in [-0.2, -0.15) is 0 Å². The third-order valence-corrected chi connectivity index (χ3v) is 3.76. The van der Waals surface area contributed by atoms with E-state index in [-0.39, 0.29) is 0 Å². The highest BCUT2D eigenvalue weighted by Crippen LogP contribution is 2.13. The van der Waals surface area contributed by atoms with Gasteiger partial charge in [0.05, 0.1) is 0 Å². The van der Waals surface area contributed by atoms with Crippen LogP contribution in [0.15, 0.2) is 12.7 Å². The first-order valence-electron chi connectivity index (χ1n) is 7.73. The fourth-order valence-corrected chi connectivity index (χ4v) is 2.57. The van der Waals surface area contributed by atoms with Crippen molar-refractivity contribution < 1.29 is 4.79 Å². The quantitative estimate of drug-likeness (QED) is 0.442. The molecule has 0 aromatic heterocycles. The van der Waals surface area contributed by atoms with Crippen molar-refractivity contribution in [1.82, 2.24) is 4.90 Å². The van der Waals surface area contributed by atoms with Crippen molar-refractivity contribution in [2.24, 2.45) is 0 Å². The van der Waals surface area contributed by atoms with E-state index in [0.29, 0.717) is 5.91 Å². The molecule has 1 rings (SSSR count). The zero-order chi connectivity index (χ0) is 13.1. The summed E-state index contributed by atoms with van der Waals surface area (Å²) < 4.78 is 0. The van der Waals surface area contributed by atoms with E-state index in [4.69, 9.17) is 0 Å². The van der Waals surface area contributed by atoms with Gasteiger partial charge in [0.1, 0.15) is 0 Å². The van der Waals surface area contributed by atoms with Gasteiger partial charge in [-0.15, -0.1) is 6.58 Å². The molecule has 0 N–H and O–H groups in total. The molecular weight excluding hydrogens is 222 g/mol. The molecule has 0 aromatic carbocycles. The third-order valence-electron chi connectivity index (χ3n) is 3.76. The first-order chi connectivity index (χ1) is 8.84. The molecule has 0 unspecified atom stereocenters. The van der Waals surface area contributed by atoms with Gasteiger partial charge in [0, 0.05) is 19.5 Å². The Labute approximate surface area is 112 Å². The standard InChI is InChI=1S/C16H29NO/c1-2-3-4-5-6-7-8-10-13-16(18)17-14-11-9-12-15-17/h2H,1,3-15H2. The van der Waals surface area contributed by atoms with Crippen molar-refractivity contribution in [3.8, 4) is 0 Å². The highest BCUT2D eigenvalue weighted by Gasteiger charge is 2.15. The topological polar surface area (TPSA) is 20.3 Å². The summed E-state index contributed by atoms with van der Waals surface area (Å²) in [4.78, 5) is 14.0. The van der Waals surface area contributed by atoms with Gasteiger partial charge in [0.2, 0.25) is 5.91 Å². The minimum Gasteiger partial charge on any atom is -0.343 e. The molecule has 2 heteroatoms. The van der Waals surface area contributed by atoms with Gasteiger partial charge in [-0.1, -0.05) is 31.8 Å². The Morgan fingerprint density at radius 2 is 1.56 bits per heavy atom. The van der Waals surface area contributed by atoms with E-state index >= 15 is 0 Å². The molecule has 0 saturated carbocycles. The Kier molecular flexibility index (Phi) is 8.62. The summed E-state index contributed by atoms with van der Waals surface area (Å²) in [7, 11) is 0. The molecular formula is C16H29NO. The number of nitrogens with zero attached hydrogens (tertiary/aromatic N) is 1. The number of rotatable bonds is 9. The molecule has 18 heavy (non-hydrogen) atoms. The van der Waals surface area contributed by atoms with Crippen molar-refractivity contribution in [3.63, 3.8) is 0 Å². The van der Waals surface area contributed by atoms with E-state index in [9.17, 15) is 4.79 Å². The van der Waals surface area contributed by atoms with Crippen LogP contribution in [0.25, 0.3) is 0 Å². The number of hydrogen-bond acceptors (Lipinski definition) is 1. The second-order valence-corrected chi connectivity index (χ2v) is 5.39. The number of carbonyl (C=O) groups excluding carboxylic acids is 1. The van der Waals surface area contributed by atoms with Crippen molar-refractivity contribution in [2.45, 2.75) is 70.6 Å². The van der Waals surface area contributed by atoms with Gasteiger partial charge >= 0.3 is 0 Å². The minimum absolute atomic E-state index is 0.390. The second-order valence-electron chi connectivity index (χ2n) is 5.39. The molecule has 1 aliphatic rings. The zero-order valence-electron chi connectivity index (χ0n) is 11.8. The SMILES string of the molecule is C=CCCCCCCCCC(=O)N1CCCCC1. The van der Waals surface area contributed by atoms with Crippen molar-refractivity contribution in [2.75, 3.05) is 13.1 Å². The number of unbranched alkanes of at least 4 members (excludes halogenated alkanes) is 6. The van der Waals surface area contributed by atoms with Crippen molar-refractivity contribution in [3.05, 3.63) is 12.7 Å². The normalized spacial score (nSPS) is 15.7. The first-order valence-corrected chi connectivity index (χ1v) is 7.73. The second kappa shape index (κ2) is 10.2. The van der Waals surface area contributed by atoms with Crippen LogP contribution < -0.4 is 0 Å². The smallest absolute Gasteiger partial charge is 0.222 e. The van der Waals surface area contributed by atoms with Crippen LogP contribution in [0.5, 0.6) is 0 Å². The number of carbonyl (C=O) groups is 1. The van der Waals surface area contributed by atoms with Gasteiger partial charge in [-0.25, -0.2) is 0 Å². The summed E-state index contributed by atoms with van der Waals surface area (Å²) in [5, 5.41) is 0. The molecule has 0 aliphatic carbocycles. The largest absolute Gasteiger partial charge is 0.343 e. The lowest BCUT2D eigenvalue weighted by Crippen LogP contribution is -2.35. The lowest BCUT2D eigenvalue weighted by molar-refractivity contribution is -0.132. The van der Waals surface area contributed by atoms with Crippen LogP contribution in [0.4, 0.5) is 0 Å². The molecule has 1 amide bonds. The predicted octanol–water partition coefficient (Wildman–Crippen LogP) is 4.31. The molecule has 1 heterocycles. The Balaban J connectivity index is 1.90. The van der Waals surface area contributed by atoms with Crippen LogP contribution in [-0.2, 0) is 4.79 Å². The highest BCUT2D eigenvalue weighted by atomic mass is 16.2. The Bertz CT molecular complexity index is 231. The first kappa shape index (κ1) is 15.3. The fraction of sp³-hybridized carbons (Fsp3) is 0.812. The number of amides is 1. The van der Waals surface area contributed by atoms with E-state index in [0.717, 1.165) is 32.4 Å². The summed E-state index contributed by atoms with van der Waals surface area (Å²) in [6, 6.07) is 0. The lowest BCUT2D eigenvalue weighted by atomic mass is 10.1. The summed E-state index contributed by atoms with van der Waals surface area (Å²) >= 11 is 0. The predicted molar refractivity (Wildman–Crippen MR) is 77.6 cm³/mol. The molecule has 1 saturated heterocycles. The van der Waals surface area contributed by atoms with Gasteiger partial charge in [-0.05, 0) is 38.5 Å². The van der Waals surface area contributed by atoms with E-state index in [1.165, 1.54) is 51.4 Å². The van der Waals surface area contributed by atoms with Gasteiger partial charge in [0.15, 0.2) is 0 Å². The van der Waals surface area contributed by atoms with E-state index in [1.807, 2.05) is 6.08 Å². The van der Waals surface area contributed by atoms with Crippen molar-refractivity contribution in [1.29, 1.82) is 0 Å². The van der Waals surface area contributed by atoms with E-state index in [2.05, 4.69) is 11.5 Å². The zero-order valence-corrected chi connectivity index (χ0v) is 11.8. The highest BCUT2D eigenvalue weighted by molar-refractivity contribution is 5.76. The molecule has 1 fully saturated rings. The average molecular weight is 251 g/mol. The Hall–Kier alpha value is -0.790. The summed E-state index contributed by atoms with van der Waals surface area (Å²) in [6.07, 6.45) is 15.1. The van der Waals surface area contributed by atoms with Crippen LogP contribution in [0.1, 0.15) is 70.6 Å². The monoisotopic (exact) mass is 251 g/mol. The van der Waals surface area contributed by atoms with Crippen LogP contribution >= 0.6 is 0 Å². The number of likely N-dealkylation sites (tertiary alicyclic amines) is 1. The minimum atomic E-state index is 0.390. The Morgan fingerprint density at radius 1 is 0.944 bits per heavy atom. The molecule has 104 valence electrons. The van der Waals surface area contributed by atoms with Crippen LogP contribution in [0.3, 0.4) is 0 Å². The summed E-state index contributed by atoms with van der Waals surface area (Å²) in [5.74, 6) is 0.390. The van der Waals surface area contributed by atoms with E-state index in [1.54, 1.807) is 0 Å². The maximum Gasteiger partial charge on any atom is 0.222 e. The van der Waals surface area contributed by atoms with Gasteiger partial charge in [0.25, 0.3) is 0 Å². The fourth-order valence-electron chi connectivity index (χ4n) is 2.57. The van der Waals surface area contributed by atoms with Gasteiger partial charge in [-0.3, -0.25) is 4.79 Å². The molecule has 0 radical (unpaired) electrons. The van der Waals surface area contributed by atoms with E-state index < -0.39 is 0 Å². The number of hydrogen-bond donors (Lipinski definition) is 0. The van der Waals surface area contributed by atoms with Gasteiger partial charge < -0.3 is 4.90 Å². The average Bonchev–Trinajstić information content (AvgIpc) is 2.42.